The molecular weight excluding hydrogens is 368 g/mol. The zero-order valence-electron chi connectivity index (χ0n) is 11.3. The van der Waals surface area contributed by atoms with Gasteiger partial charge in [-0.2, -0.15) is 0 Å². The Bertz CT molecular complexity index is 580. The first kappa shape index (κ1) is 17.7. The zero-order valence-corrected chi connectivity index (χ0v) is 14.5. The molecule has 0 radical (unpaired) electrons. The largest absolute Gasteiger partial charge is 0.492 e. The Kier molecular flexibility index (Phi) is 6.27. The Morgan fingerprint density at radius 3 is 2.80 bits per heavy atom. The average molecular weight is 386 g/mol. The lowest BCUT2D eigenvalue weighted by atomic mass is 10.2. The molecule has 1 aromatic carbocycles. The molecule has 0 saturated carbocycles. The summed E-state index contributed by atoms with van der Waals surface area (Å²) in [6.07, 6.45) is 0.740. The van der Waals surface area contributed by atoms with Crippen molar-refractivity contribution in [2.24, 2.45) is 0 Å². The van der Waals surface area contributed by atoms with Crippen molar-refractivity contribution in [1.29, 1.82) is 0 Å². The Hall–Kier alpha value is -0.340. The molecule has 1 aliphatic rings. The van der Waals surface area contributed by atoms with Crippen LogP contribution in [0.15, 0.2) is 21.5 Å². The number of nitrogens with one attached hydrogen (secondary N) is 2. The van der Waals surface area contributed by atoms with E-state index in [0.29, 0.717) is 18.9 Å². The van der Waals surface area contributed by atoms with E-state index < -0.39 is 10.0 Å². The molecule has 20 heavy (non-hydrogen) atoms. The van der Waals surface area contributed by atoms with Crippen molar-refractivity contribution in [3.05, 3.63) is 22.2 Å². The van der Waals surface area contributed by atoms with Crippen LogP contribution in [-0.4, -0.2) is 34.7 Å². The molecule has 0 aliphatic carbocycles. The van der Waals surface area contributed by atoms with E-state index in [1.165, 1.54) is 0 Å². The predicted octanol–water partition coefficient (Wildman–Crippen LogP) is 1.69. The maximum atomic E-state index is 12.3. The maximum absolute atomic E-state index is 12.3. The van der Waals surface area contributed by atoms with Crippen LogP contribution in [0.1, 0.15) is 12.5 Å². The van der Waals surface area contributed by atoms with Gasteiger partial charge in [0.2, 0.25) is 10.0 Å². The fourth-order valence-corrected chi connectivity index (χ4v) is 3.85. The van der Waals surface area contributed by atoms with Gasteiger partial charge in [0.1, 0.15) is 10.6 Å². The average Bonchev–Trinajstić information content (AvgIpc) is 2.82. The number of rotatable bonds is 5. The summed E-state index contributed by atoms with van der Waals surface area (Å²) in [7, 11) is -1.77. The highest BCUT2D eigenvalue weighted by molar-refractivity contribution is 9.10. The summed E-state index contributed by atoms with van der Waals surface area (Å²) in [6.45, 7) is 2.77. The first-order valence-corrected chi connectivity index (χ1v) is 8.34. The first-order chi connectivity index (χ1) is 8.94. The smallest absolute Gasteiger partial charge is 0.244 e. The Morgan fingerprint density at radius 1 is 1.45 bits per heavy atom. The monoisotopic (exact) mass is 384 g/mol. The van der Waals surface area contributed by atoms with Crippen LogP contribution < -0.4 is 14.8 Å². The quantitative estimate of drug-likeness (QED) is 0.809. The van der Waals surface area contributed by atoms with Crippen molar-refractivity contribution >= 4 is 38.4 Å². The Labute approximate surface area is 134 Å². The van der Waals surface area contributed by atoms with Crippen LogP contribution in [0.5, 0.6) is 5.75 Å². The van der Waals surface area contributed by atoms with Crippen LogP contribution in [-0.2, 0) is 16.4 Å². The molecule has 1 aliphatic heterocycles. The first-order valence-electron chi connectivity index (χ1n) is 6.06. The minimum atomic E-state index is -3.56. The van der Waals surface area contributed by atoms with Gasteiger partial charge in [-0.1, -0.05) is 15.9 Å². The zero-order chi connectivity index (χ0) is 14.0. The molecule has 0 aromatic heterocycles. The molecule has 0 spiro atoms. The van der Waals surface area contributed by atoms with E-state index in [-0.39, 0.29) is 23.3 Å². The third kappa shape index (κ3) is 3.85. The normalized spacial score (nSPS) is 15.2. The molecule has 2 rings (SSSR count). The van der Waals surface area contributed by atoms with Crippen LogP contribution in [0, 0.1) is 0 Å². The molecule has 8 heteroatoms. The second-order valence-corrected chi connectivity index (χ2v) is 7.18. The van der Waals surface area contributed by atoms with Crippen molar-refractivity contribution in [1.82, 2.24) is 10.0 Å². The van der Waals surface area contributed by atoms with Gasteiger partial charge in [-0.25, -0.2) is 13.1 Å². The van der Waals surface area contributed by atoms with Crippen molar-refractivity contribution in [3.63, 3.8) is 0 Å². The van der Waals surface area contributed by atoms with Crippen molar-refractivity contribution in [3.8, 4) is 5.75 Å². The summed E-state index contributed by atoms with van der Waals surface area (Å²) in [5.74, 6) is 0.479. The van der Waals surface area contributed by atoms with Gasteiger partial charge < -0.3 is 10.1 Å². The molecule has 1 heterocycles. The number of benzene rings is 1. The van der Waals surface area contributed by atoms with Crippen LogP contribution in [0.3, 0.4) is 0 Å². The standard InChI is InChI=1S/C12H17BrN2O3S.ClH/c1-8(14-2)7-15-19(16,17)11-6-10(13)5-9-3-4-18-12(9)11;/h5-6,8,14-15H,3-4,7H2,1-2H3;1H. The predicted molar refractivity (Wildman–Crippen MR) is 84.3 cm³/mol. The molecule has 1 aromatic rings. The third-order valence-electron chi connectivity index (χ3n) is 3.08. The second-order valence-electron chi connectivity index (χ2n) is 4.53. The van der Waals surface area contributed by atoms with Gasteiger partial charge in [0, 0.05) is 29.0 Å². The molecule has 114 valence electrons. The highest BCUT2D eigenvalue weighted by atomic mass is 79.9. The molecule has 1 atom stereocenters. The van der Waals surface area contributed by atoms with Gasteiger partial charge >= 0.3 is 0 Å². The van der Waals surface area contributed by atoms with Crippen LogP contribution >= 0.6 is 28.3 Å². The Morgan fingerprint density at radius 2 is 2.15 bits per heavy atom. The van der Waals surface area contributed by atoms with E-state index in [1.54, 1.807) is 13.1 Å². The van der Waals surface area contributed by atoms with E-state index >= 15 is 0 Å². The van der Waals surface area contributed by atoms with E-state index in [9.17, 15) is 8.42 Å². The van der Waals surface area contributed by atoms with Gasteiger partial charge in [0.05, 0.1) is 6.61 Å². The summed E-state index contributed by atoms with van der Waals surface area (Å²) in [6, 6.07) is 3.55. The van der Waals surface area contributed by atoms with Crippen molar-refractivity contribution in [2.75, 3.05) is 20.2 Å². The molecule has 1 unspecified atom stereocenters. The number of hydrogen-bond donors (Lipinski definition) is 2. The SMILES string of the molecule is CNC(C)CNS(=O)(=O)c1cc(Br)cc2c1OCC2.Cl. The fraction of sp³-hybridized carbons (Fsp3) is 0.500. The van der Waals surface area contributed by atoms with Gasteiger partial charge in [-0.15, -0.1) is 12.4 Å². The lowest BCUT2D eigenvalue weighted by Gasteiger charge is -2.14. The summed E-state index contributed by atoms with van der Waals surface area (Å²) >= 11 is 3.34. The van der Waals surface area contributed by atoms with E-state index in [4.69, 9.17) is 4.74 Å². The van der Waals surface area contributed by atoms with Gasteiger partial charge in [-0.05, 0) is 26.1 Å². The molecule has 2 N–H and O–H groups in total. The highest BCUT2D eigenvalue weighted by Crippen LogP contribution is 2.35. The fourth-order valence-electron chi connectivity index (χ4n) is 1.85. The highest BCUT2D eigenvalue weighted by Gasteiger charge is 2.26. The van der Waals surface area contributed by atoms with Gasteiger partial charge in [0.25, 0.3) is 0 Å². The molecule has 0 bridgehead atoms. The Balaban J connectivity index is 0.00000200. The topological polar surface area (TPSA) is 67.4 Å². The lowest BCUT2D eigenvalue weighted by molar-refractivity contribution is 0.348. The molecule has 5 nitrogen and oxygen atoms in total. The minimum absolute atomic E-state index is 0. The number of fused-ring (bicyclic) bond motifs is 1. The molecule has 0 saturated heterocycles. The summed E-state index contributed by atoms with van der Waals surface area (Å²) in [4.78, 5) is 0.206. The van der Waals surface area contributed by atoms with E-state index in [2.05, 4.69) is 26.0 Å². The van der Waals surface area contributed by atoms with Gasteiger partial charge in [-0.3, -0.25) is 0 Å². The second kappa shape index (κ2) is 7.09. The minimum Gasteiger partial charge on any atom is -0.492 e. The number of sulfonamides is 1. The van der Waals surface area contributed by atoms with Gasteiger partial charge in [0.15, 0.2) is 0 Å². The van der Waals surface area contributed by atoms with Crippen LogP contribution in [0.2, 0.25) is 0 Å². The van der Waals surface area contributed by atoms with Crippen LogP contribution in [0.4, 0.5) is 0 Å². The molecular formula is C12H18BrClN2O3S. The molecule has 0 fully saturated rings. The number of halogens is 2. The summed E-state index contributed by atoms with van der Waals surface area (Å²) < 4.78 is 33.4. The van der Waals surface area contributed by atoms with Crippen molar-refractivity contribution in [2.45, 2.75) is 24.3 Å². The van der Waals surface area contributed by atoms with E-state index in [0.717, 1.165) is 16.5 Å². The van der Waals surface area contributed by atoms with Crippen LogP contribution in [0.25, 0.3) is 0 Å². The number of ether oxygens (including phenoxy) is 1. The summed E-state index contributed by atoms with van der Waals surface area (Å²) in [5.41, 5.74) is 0.927. The lowest BCUT2D eigenvalue weighted by Crippen LogP contribution is -2.37. The summed E-state index contributed by atoms with van der Waals surface area (Å²) in [5, 5.41) is 2.99. The third-order valence-corrected chi connectivity index (χ3v) is 4.96. The molecule has 0 amide bonds. The number of likely N-dealkylation sites (N-methyl/N-ethyl adjacent to an activating group) is 1. The van der Waals surface area contributed by atoms with E-state index in [1.807, 2.05) is 13.0 Å². The van der Waals surface area contributed by atoms with Crippen molar-refractivity contribution < 1.29 is 13.2 Å². The number of hydrogen-bond acceptors (Lipinski definition) is 4. The maximum Gasteiger partial charge on any atom is 0.244 e.